The van der Waals surface area contributed by atoms with Crippen molar-refractivity contribution in [3.8, 4) is 0 Å². The van der Waals surface area contributed by atoms with Gasteiger partial charge in [-0.15, -0.1) is 5.10 Å². The molecule has 1 aromatic heterocycles. The Labute approximate surface area is 110 Å². The SMILES string of the molecule is CO/C(=N\N=C\c1ccccc1F)c1ccncc1. The lowest BCUT2D eigenvalue weighted by Crippen LogP contribution is -2.02. The van der Waals surface area contributed by atoms with Crippen LogP contribution in [-0.2, 0) is 4.74 Å². The Morgan fingerprint density at radius 2 is 1.95 bits per heavy atom. The minimum Gasteiger partial charge on any atom is -0.479 e. The van der Waals surface area contributed by atoms with Crippen LogP contribution in [0, 0.1) is 5.82 Å². The van der Waals surface area contributed by atoms with Crippen molar-refractivity contribution in [2.24, 2.45) is 10.2 Å². The van der Waals surface area contributed by atoms with Gasteiger partial charge in [-0.1, -0.05) is 18.2 Å². The second kappa shape index (κ2) is 6.39. The zero-order valence-electron chi connectivity index (χ0n) is 10.3. The van der Waals surface area contributed by atoms with Gasteiger partial charge in [0, 0.05) is 23.5 Å². The largest absolute Gasteiger partial charge is 0.479 e. The molecule has 2 aromatic rings. The molecule has 0 radical (unpaired) electrons. The topological polar surface area (TPSA) is 46.8 Å². The molecule has 0 spiro atoms. The van der Waals surface area contributed by atoms with Crippen LogP contribution in [0.2, 0.25) is 0 Å². The number of hydrogen-bond donors (Lipinski definition) is 0. The van der Waals surface area contributed by atoms with E-state index in [1.807, 2.05) is 0 Å². The summed E-state index contributed by atoms with van der Waals surface area (Å²) in [5, 5.41) is 7.75. The van der Waals surface area contributed by atoms with Gasteiger partial charge in [0.2, 0.25) is 5.90 Å². The quantitative estimate of drug-likeness (QED) is 0.482. The fourth-order valence-electron chi connectivity index (χ4n) is 1.43. The van der Waals surface area contributed by atoms with Crippen LogP contribution in [-0.4, -0.2) is 24.2 Å². The van der Waals surface area contributed by atoms with Crippen LogP contribution in [0.3, 0.4) is 0 Å². The van der Waals surface area contributed by atoms with Crippen molar-refractivity contribution in [3.05, 3.63) is 65.7 Å². The molecule has 19 heavy (non-hydrogen) atoms. The first-order valence-electron chi connectivity index (χ1n) is 5.61. The summed E-state index contributed by atoms with van der Waals surface area (Å²) >= 11 is 0. The lowest BCUT2D eigenvalue weighted by atomic mass is 10.2. The molecule has 0 aliphatic rings. The van der Waals surface area contributed by atoms with E-state index in [9.17, 15) is 4.39 Å². The van der Waals surface area contributed by atoms with Gasteiger partial charge in [-0.05, 0) is 18.2 Å². The van der Waals surface area contributed by atoms with E-state index in [-0.39, 0.29) is 5.82 Å². The lowest BCUT2D eigenvalue weighted by Gasteiger charge is -2.01. The van der Waals surface area contributed by atoms with E-state index in [1.165, 1.54) is 19.4 Å². The predicted octanol–water partition coefficient (Wildman–Crippen LogP) is 2.65. The monoisotopic (exact) mass is 257 g/mol. The molecule has 0 bridgehead atoms. The zero-order valence-corrected chi connectivity index (χ0v) is 10.3. The van der Waals surface area contributed by atoms with Crippen molar-refractivity contribution < 1.29 is 9.13 Å². The average Bonchev–Trinajstić information content (AvgIpc) is 2.46. The molecule has 0 unspecified atom stereocenters. The van der Waals surface area contributed by atoms with Gasteiger partial charge in [0.15, 0.2) is 0 Å². The third-order valence-corrected chi connectivity index (χ3v) is 2.37. The molecule has 0 saturated heterocycles. The van der Waals surface area contributed by atoms with Gasteiger partial charge in [0.05, 0.1) is 13.3 Å². The summed E-state index contributed by atoms with van der Waals surface area (Å²) in [6.07, 6.45) is 4.60. The molecule has 0 aliphatic heterocycles. The van der Waals surface area contributed by atoms with E-state index in [2.05, 4.69) is 15.2 Å². The van der Waals surface area contributed by atoms with Crippen LogP contribution in [0.4, 0.5) is 4.39 Å². The van der Waals surface area contributed by atoms with Crippen molar-refractivity contribution in [2.75, 3.05) is 7.11 Å². The van der Waals surface area contributed by atoms with Gasteiger partial charge in [-0.2, -0.15) is 5.10 Å². The Morgan fingerprint density at radius 1 is 1.21 bits per heavy atom. The van der Waals surface area contributed by atoms with Gasteiger partial charge < -0.3 is 4.74 Å². The number of pyridine rings is 1. The van der Waals surface area contributed by atoms with Crippen LogP contribution in [0.1, 0.15) is 11.1 Å². The van der Waals surface area contributed by atoms with Crippen LogP contribution in [0.25, 0.3) is 0 Å². The first-order chi connectivity index (χ1) is 9.31. The van der Waals surface area contributed by atoms with Crippen LogP contribution in [0.5, 0.6) is 0 Å². The second-order valence-corrected chi connectivity index (χ2v) is 3.61. The highest BCUT2D eigenvalue weighted by Gasteiger charge is 2.01. The third-order valence-electron chi connectivity index (χ3n) is 2.37. The smallest absolute Gasteiger partial charge is 0.240 e. The van der Waals surface area contributed by atoms with Crippen LogP contribution in [0.15, 0.2) is 59.0 Å². The van der Waals surface area contributed by atoms with Crippen molar-refractivity contribution in [3.63, 3.8) is 0 Å². The first kappa shape index (κ1) is 12.9. The highest BCUT2D eigenvalue weighted by molar-refractivity contribution is 5.94. The standard InChI is InChI=1S/C14H12FN3O/c1-19-14(11-6-8-16-9-7-11)18-17-10-12-4-2-3-5-13(12)15/h2-10H,1H3/b17-10+,18-14-. The number of hydrogen-bond acceptors (Lipinski definition) is 4. The number of halogens is 1. The van der Waals surface area contributed by atoms with E-state index in [0.29, 0.717) is 11.5 Å². The fraction of sp³-hybridized carbons (Fsp3) is 0.0714. The average molecular weight is 257 g/mol. The summed E-state index contributed by atoms with van der Waals surface area (Å²) < 4.78 is 18.5. The summed E-state index contributed by atoms with van der Waals surface area (Å²) in [7, 11) is 1.50. The maximum Gasteiger partial charge on any atom is 0.240 e. The Morgan fingerprint density at radius 3 is 2.63 bits per heavy atom. The summed E-state index contributed by atoms with van der Waals surface area (Å²) in [6, 6.07) is 9.84. The molecule has 96 valence electrons. The summed E-state index contributed by atoms with van der Waals surface area (Å²) in [4.78, 5) is 3.90. The second-order valence-electron chi connectivity index (χ2n) is 3.61. The maximum absolute atomic E-state index is 13.3. The van der Waals surface area contributed by atoms with Crippen molar-refractivity contribution in [2.45, 2.75) is 0 Å². The van der Waals surface area contributed by atoms with Crippen molar-refractivity contribution in [1.29, 1.82) is 0 Å². The maximum atomic E-state index is 13.3. The minimum absolute atomic E-state index is 0.343. The van der Waals surface area contributed by atoms with E-state index in [1.54, 1.807) is 42.7 Å². The Balaban J connectivity index is 2.19. The summed E-state index contributed by atoms with van der Waals surface area (Å²) in [5.74, 6) is -0.000632. The van der Waals surface area contributed by atoms with E-state index >= 15 is 0 Å². The molecule has 0 N–H and O–H groups in total. The number of benzene rings is 1. The van der Waals surface area contributed by atoms with Gasteiger partial charge in [0.1, 0.15) is 5.82 Å². The molecular formula is C14H12FN3O. The number of methoxy groups -OCH3 is 1. The molecule has 0 atom stereocenters. The van der Waals surface area contributed by atoms with Crippen LogP contribution >= 0.6 is 0 Å². The van der Waals surface area contributed by atoms with E-state index < -0.39 is 0 Å². The molecule has 1 heterocycles. The van der Waals surface area contributed by atoms with Crippen LogP contribution < -0.4 is 0 Å². The molecule has 4 nitrogen and oxygen atoms in total. The summed E-state index contributed by atoms with van der Waals surface area (Å²) in [6.45, 7) is 0. The highest BCUT2D eigenvalue weighted by atomic mass is 19.1. The molecule has 0 aliphatic carbocycles. The minimum atomic E-state index is -0.343. The molecule has 2 rings (SSSR count). The van der Waals surface area contributed by atoms with Gasteiger partial charge in [-0.3, -0.25) is 4.98 Å². The number of ether oxygens (including phenoxy) is 1. The van der Waals surface area contributed by atoms with E-state index in [4.69, 9.17) is 4.74 Å². The molecular weight excluding hydrogens is 245 g/mol. The van der Waals surface area contributed by atoms with Gasteiger partial charge in [0.25, 0.3) is 0 Å². The van der Waals surface area contributed by atoms with E-state index in [0.717, 1.165) is 5.56 Å². The first-order valence-corrected chi connectivity index (χ1v) is 5.61. The number of aromatic nitrogens is 1. The Hall–Kier alpha value is -2.56. The van der Waals surface area contributed by atoms with Gasteiger partial charge >= 0.3 is 0 Å². The zero-order chi connectivity index (χ0) is 13.5. The summed E-state index contributed by atoms with van der Waals surface area (Å²) in [5.41, 5.74) is 1.12. The molecule has 0 fully saturated rings. The normalized spacial score (nSPS) is 11.8. The molecule has 0 amide bonds. The van der Waals surface area contributed by atoms with Crippen molar-refractivity contribution in [1.82, 2.24) is 4.98 Å². The highest BCUT2D eigenvalue weighted by Crippen LogP contribution is 2.04. The third kappa shape index (κ3) is 3.45. The van der Waals surface area contributed by atoms with Gasteiger partial charge in [-0.25, -0.2) is 4.39 Å². The Kier molecular flexibility index (Phi) is 4.34. The number of rotatable bonds is 3. The van der Waals surface area contributed by atoms with Crippen molar-refractivity contribution >= 4 is 12.1 Å². The molecule has 1 aromatic carbocycles. The number of nitrogens with zero attached hydrogens (tertiary/aromatic N) is 3. The lowest BCUT2D eigenvalue weighted by molar-refractivity contribution is 0.403. The Bertz CT molecular complexity index is 597. The fourth-order valence-corrected chi connectivity index (χ4v) is 1.43. The predicted molar refractivity (Wildman–Crippen MR) is 71.8 cm³/mol. The molecule has 5 heteroatoms. The molecule has 0 saturated carbocycles.